The smallest absolute Gasteiger partial charge is 0.372 e. The topological polar surface area (TPSA) is 87.7 Å². The van der Waals surface area contributed by atoms with E-state index >= 15 is 0 Å². The summed E-state index contributed by atoms with van der Waals surface area (Å²) >= 11 is 0. The van der Waals surface area contributed by atoms with E-state index in [-0.39, 0.29) is 17.7 Å². The van der Waals surface area contributed by atoms with E-state index in [4.69, 9.17) is 14.0 Å². The van der Waals surface area contributed by atoms with Gasteiger partial charge in [-0.05, 0) is 31.2 Å². The summed E-state index contributed by atoms with van der Waals surface area (Å²) < 4.78 is 15.1. The van der Waals surface area contributed by atoms with Crippen LogP contribution in [-0.4, -0.2) is 30.3 Å². The zero-order chi connectivity index (χ0) is 15.4. The molecule has 0 aliphatic rings. The van der Waals surface area contributed by atoms with Crippen LogP contribution >= 0.6 is 0 Å². The van der Waals surface area contributed by atoms with Crippen LogP contribution in [0.3, 0.4) is 0 Å². The Morgan fingerprint density at radius 2 is 1.90 bits per heavy atom. The zero-order valence-corrected chi connectivity index (χ0v) is 11.5. The van der Waals surface area contributed by atoms with Crippen LogP contribution in [0.4, 0.5) is 0 Å². The van der Waals surface area contributed by atoms with Crippen molar-refractivity contribution in [3.8, 4) is 5.75 Å². The molecule has 0 fully saturated rings. The van der Waals surface area contributed by atoms with Gasteiger partial charge in [0.25, 0.3) is 5.91 Å². The fourth-order valence-electron chi connectivity index (χ4n) is 1.64. The molecule has 0 aliphatic carbocycles. The Morgan fingerprint density at radius 3 is 2.48 bits per heavy atom. The van der Waals surface area contributed by atoms with Crippen molar-refractivity contribution in [3.63, 3.8) is 0 Å². The van der Waals surface area contributed by atoms with Gasteiger partial charge in [-0.3, -0.25) is 4.79 Å². The first-order chi connectivity index (χ1) is 10.1. The summed E-state index contributed by atoms with van der Waals surface area (Å²) in [4.78, 5) is 35.2. The maximum absolute atomic E-state index is 12.1. The maximum Gasteiger partial charge on any atom is 0.372 e. The first kappa shape index (κ1) is 14.6. The third kappa shape index (κ3) is 3.02. The molecule has 1 aromatic heterocycles. The highest BCUT2D eigenvalue weighted by Gasteiger charge is 2.20. The Balaban J connectivity index is 2.29. The third-order valence-corrected chi connectivity index (χ3v) is 2.68. The monoisotopic (exact) mass is 291 g/mol. The molecule has 0 N–H and O–H groups in total. The molecule has 1 aromatic carbocycles. The van der Waals surface area contributed by atoms with E-state index in [1.807, 2.05) is 0 Å². The second-order valence-corrected chi connectivity index (χ2v) is 4.00. The van der Waals surface area contributed by atoms with E-state index in [0.29, 0.717) is 10.5 Å². The Morgan fingerprint density at radius 1 is 1.24 bits per heavy atom. The second kappa shape index (κ2) is 6.08. The second-order valence-electron chi connectivity index (χ2n) is 4.00. The van der Waals surface area contributed by atoms with Gasteiger partial charge in [0, 0.05) is 5.56 Å². The highest BCUT2D eigenvalue weighted by molar-refractivity contribution is 5.96. The van der Waals surface area contributed by atoms with Gasteiger partial charge in [-0.25, -0.2) is 9.59 Å². The van der Waals surface area contributed by atoms with Crippen molar-refractivity contribution < 1.29 is 23.6 Å². The van der Waals surface area contributed by atoms with Gasteiger partial charge in [0.2, 0.25) is 0 Å². The van der Waals surface area contributed by atoms with E-state index in [0.717, 1.165) is 6.20 Å². The summed E-state index contributed by atoms with van der Waals surface area (Å²) in [7, 11) is 1.51. The van der Waals surface area contributed by atoms with Crippen molar-refractivity contribution in [2.75, 3.05) is 13.7 Å². The number of rotatable bonds is 4. The molecule has 2 rings (SSSR count). The van der Waals surface area contributed by atoms with Crippen LogP contribution in [0.15, 0.2) is 39.8 Å². The summed E-state index contributed by atoms with van der Waals surface area (Å²) in [6.45, 7) is 1.73. The molecular formula is C14H13NO6. The predicted molar refractivity (Wildman–Crippen MR) is 71.6 cm³/mol. The van der Waals surface area contributed by atoms with Gasteiger partial charge in [0.05, 0.1) is 19.9 Å². The molecule has 2 aromatic rings. The first-order valence-corrected chi connectivity index (χ1v) is 6.15. The number of carbonyl (C=O) groups is 2. The Bertz CT molecular complexity index is 710. The number of esters is 1. The summed E-state index contributed by atoms with van der Waals surface area (Å²) in [6.07, 6.45) is 1.02. The molecule has 0 unspecified atom stereocenters. The quantitative estimate of drug-likeness (QED) is 0.789. The zero-order valence-electron chi connectivity index (χ0n) is 11.5. The minimum Gasteiger partial charge on any atom is -0.497 e. The lowest BCUT2D eigenvalue weighted by atomic mass is 10.2. The molecule has 7 heteroatoms. The van der Waals surface area contributed by atoms with Crippen molar-refractivity contribution in [2.24, 2.45) is 0 Å². The van der Waals surface area contributed by atoms with Crippen molar-refractivity contribution in [3.05, 3.63) is 52.0 Å². The fraction of sp³-hybridized carbons (Fsp3) is 0.214. The number of hydrogen-bond donors (Lipinski definition) is 0. The van der Waals surface area contributed by atoms with Crippen molar-refractivity contribution in [1.29, 1.82) is 0 Å². The largest absolute Gasteiger partial charge is 0.497 e. The summed E-state index contributed by atoms with van der Waals surface area (Å²) in [5.41, 5.74) is -0.959. The Hall–Kier alpha value is -2.83. The molecule has 110 valence electrons. The minimum absolute atomic E-state index is 0.121. The van der Waals surface area contributed by atoms with E-state index in [1.165, 1.54) is 19.2 Å². The highest BCUT2D eigenvalue weighted by atomic mass is 16.5. The van der Waals surface area contributed by atoms with Gasteiger partial charge in [-0.1, -0.05) is 0 Å². The maximum atomic E-state index is 12.1. The average molecular weight is 291 g/mol. The third-order valence-electron chi connectivity index (χ3n) is 2.68. The number of aromatic nitrogens is 1. The molecule has 7 nitrogen and oxygen atoms in total. The van der Waals surface area contributed by atoms with Crippen LogP contribution < -0.4 is 10.4 Å². The lowest BCUT2D eigenvalue weighted by Crippen LogP contribution is -2.12. The van der Waals surface area contributed by atoms with Gasteiger partial charge < -0.3 is 14.0 Å². The summed E-state index contributed by atoms with van der Waals surface area (Å²) in [5, 5.41) is 0. The number of benzene rings is 1. The average Bonchev–Trinajstić information content (AvgIpc) is 2.89. The molecule has 21 heavy (non-hydrogen) atoms. The number of hydrogen-bond acceptors (Lipinski definition) is 6. The summed E-state index contributed by atoms with van der Waals surface area (Å²) in [5.74, 6) is -0.814. The number of carbonyl (C=O) groups excluding carboxylic acids is 2. The van der Waals surface area contributed by atoms with E-state index in [1.54, 1.807) is 19.1 Å². The number of nitrogens with zero attached hydrogens (tertiary/aromatic N) is 1. The van der Waals surface area contributed by atoms with E-state index in [9.17, 15) is 14.4 Å². The molecule has 0 atom stereocenters. The molecule has 0 saturated heterocycles. The van der Waals surface area contributed by atoms with Crippen LogP contribution in [0.2, 0.25) is 0 Å². The highest BCUT2D eigenvalue weighted by Crippen LogP contribution is 2.12. The molecule has 0 saturated carbocycles. The van der Waals surface area contributed by atoms with E-state index < -0.39 is 17.5 Å². The Labute approximate surface area is 119 Å². The minimum atomic E-state index is -0.921. The van der Waals surface area contributed by atoms with Crippen LogP contribution in [0, 0.1) is 0 Å². The summed E-state index contributed by atoms with van der Waals surface area (Å²) in [6, 6.07) is 6.23. The van der Waals surface area contributed by atoms with Crippen LogP contribution in [0.25, 0.3) is 0 Å². The lowest BCUT2D eigenvalue weighted by molar-refractivity contribution is 0.0523. The van der Waals surface area contributed by atoms with Crippen molar-refractivity contribution in [1.82, 2.24) is 4.74 Å². The first-order valence-electron chi connectivity index (χ1n) is 6.15. The molecule has 1 heterocycles. The predicted octanol–water partition coefficient (Wildman–Crippen LogP) is 1.32. The Kier molecular flexibility index (Phi) is 4.22. The van der Waals surface area contributed by atoms with Crippen LogP contribution in [0.1, 0.15) is 27.6 Å². The van der Waals surface area contributed by atoms with E-state index in [2.05, 4.69) is 0 Å². The fourth-order valence-corrected chi connectivity index (χ4v) is 1.64. The van der Waals surface area contributed by atoms with Gasteiger partial charge in [-0.2, -0.15) is 0 Å². The standard InChI is InChI=1S/C14H13NO6/c1-3-20-13(17)11-8-15(21-14(11)18)12(16)9-4-6-10(19-2)7-5-9/h4-8H,3H2,1-2H3. The molecule has 0 amide bonds. The molecular weight excluding hydrogens is 278 g/mol. The molecule has 0 bridgehead atoms. The SMILES string of the molecule is CCOC(=O)c1cn(C(=O)c2ccc(OC)cc2)oc1=O. The van der Waals surface area contributed by atoms with Crippen molar-refractivity contribution in [2.45, 2.75) is 6.92 Å². The number of ether oxygens (including phenoxy) is 2. The van der Waals surface area contributed by atoms with Crippen LogP contribution in [-0.2, 0) is 4.74 Å². The lowest BCUT2D eigenvalue weighted by Gasteiger charge is -2.02. The van der Waals surface area contributed by atoms with Crippen molar-refractivity contribution >= 4 is 11.9 Å². The number of methoxy groups -OCH3 is 1. The van der Waals surface area contributed by atoms with Gasteiger partial charge in [0.1, 0.15) is 5.75 Å². The normalized spacial score (nSPS) is 10.2. The molecule has 0 aliphatic heterocycles. The van der Waals surface area contributed by atoms with Gasteiger partial charge >= 0.3 is 11.6 Å². The molecule has 0 spiro atoms. The van der Waals surface area contributed by atoms with Gasteiger partial charge in [0.15, 0.2) is 5.56 Å². The molecule has 0 radical (unpaired) electrons. The van der Waals surface area contributed by atoms with Gasteiger partial charge in [-0.15, -0.1) is 4.74 Å². The van der Waals surface area contributed by atoms with Crippen LogP contribution in [0.5, 0.6) is 5.75 Å².